The van der Waals surface area contributed by atoms with Gasteiger partial charge in [0.2, 0.25) is 0 Å². The van der Waals surface area contributed by atoms with Crippen molar-refractivity contribution < 1.29 is 9.53 Å². The Labute approximate surface area is 112 Å². The fourth-order valence-electron chi connectivity index (χ4n) is 1.83. The van der Waals surface area contributed by atoms with Crippen molar-refractivity contribution in [3.05, 3.63) is 0 Å². The maximum atomic E-state index is 11.9. The van der Waals surface area contributed by atoms with Crippen LogP contribution >= 0.6 is 0 Å². The van der Waals surface area contributed by atoms with Crippen molar-refractivity contribution in [3.63, 3.8) is 0 Å². The Morgan fingerprint density at radius 1 is 1.44 bits per heavy atom. The molecular formula is C14H30N2O2. The first-order valence-corrected chi connectivity index (χ1v) is 6.97. The molecule has 108 valence electrons. The zero-order valence-electron chi connectivity index (χ0n) is 12.9. The highest BCUT2D eigenvalue weighted by molar-refractivity contribution is 5.80. The summed E-state index contributed by atoms with van der Waals surface area (Å²) in [5.74, 6) is -0.154. The van der Waals surface area contributed by atoms with Gasteiger partial charge in [-0.2, -0.15) is 0 Å². The Bertz CT molecular complexity index is 246. The molecule has 0 aliphatic carbocycles. The molecule has 0 aromatic heterocycles. The van der Waals surface area contributed by atoms with E-state index in [9.17, 15) is 4.79 Å². The highest BCUT2D eigenvalue weighted by atomic mass is 16.5. The predicted octanol–water partition coefficient (Wildman–Crippen LogP) is 2.04. The molecular weight excluding hydrogens is 228 g/mol. The van der Waals surface area contributed by atoms with Gasteiger partial charge in [-0.25, -0.2) is 0 Å². The average Bonchev–Trinajstić information content (AvgIpc) is 2.37. The normalized spacial score (nSPS) is 16.4. The van der Waals surface area contributed by atoms with Gasteiger partial charge in [-0.15, -0.1) is 0 Å². The Kier molecular flexibility index (Phi) is 8.20. The molecule has 0 aliphatic rings. The molecule has 0 saturated heterocycles. The first-order chi connectivity index (χ1) is 8.41. The molecule has 0 aromatic carbocycles. The fraction of sp³-hybridized carbons (Fsp3) is 0.929. The summed E-state index contributed by atoms with van der Waals surface area (Å²) in [5.41, 5.74) is -0.563. The number of nitrogens with zero attached hydrogens (tertiary/aromatic N) is 1. The van der Waals surface area contributed by atoms with Gasteiger partial charge in [0.1, 0.15) is 5.54 Å². The van der Waals surface area contributed by atoms with Crippen LogP contribution in [0.2, 0.25) is 0 Å². The lowest BCUT2D eigenvalue weighted by atomic mass is 9.96. The Morgan fingerprint density at radius 2 is 2.06 bits per heavy atom. The summed E-state index contributed by atoms with van der Waals surface area (Å²) < 4.78 is 5.11. The smallest absolute Gasteiger partial charge is 0.326 e. The Hall–Kier alpha value is -0.610. The van der Waals surface area contributed by atoms with E-state index in [-0.39, 0.29) is 5.97 Å². The maximum Gasteiger partial charge on any atom is 0.326 e. The SMILES string of the molecule is CCOC(=O)C(C)(CCCN(C)C(C)CC)NC. The summed E-state index contributed by atoms with van der Waals surface area (Å²) in [5, 5.41) is 3.09. The van der Waals surface area contributed by atoms with Gasteiger partial charge in [-0.05, 0) is 60.7 Å². The van der Waals surface area contributed by atoms with Gasteiger partial charge >= 0.3 is 5.97 Å². The van der Waals surface area contributed by atoms with Crippen LogP contribution in [0, 0.1) is 0 Å². The Morgan fingerprint density at radius 3 is 2.50 bits per heavy atom. The molecule has 1 N–H and O–H groups in total. The highest BCUT2D eigenvalue weighted by Crippen LogP contribution is 2.15. The van der Waals surface area contributed by atoms with Gasteiger partial charge in [0.15, 0.2) is 0 Å². The van der Waals surface area contributed by atoms with Crippen molar-refractivity contribution in [2.45, 2.75) is 58.5 Å². The molecule has 2 unspecified atom stereocenters. The van der Waals surface area contributed by atoms with Crippen LogP contribution in [-0.4, -0.2) is 49.7 Å². The van der Waals surface area contributed by atoms with Gasteiger partial charge < -0.3 is 15.0 Å². The van der Waals surface area contributed by atoms with E-state index in [0.717, 1.165) is 25.8 Å². The summed E-state index contributed by atoms with van der Waals surface area (Å²) in [4.78, 5) is 14.2. The van der Waals surface area contributed by atoms with Crippen LogP contribution in [0.15, 0.2) is 0 Å². The standard InChI is InChI=1S/C14H30N2O2/c1-7-12(3)16(6)11-9-10-14(4,15-5)13(17)18-8-2/h12,15H,7-11H2,1-6H3. The molecule has 4 heteroatoms. The van der Waals surface area contributed by atoms with E-state index in [1.807, 2.05) is 20.9 Å². The van der Waals surface area contributed by atoms with Crippen molar-refractivity contribution in [1.29, 1.82) is 0 Å². The van der Waals surface area contributed by atoms with E-state index in [2.05, 4.69) is 31.1 Å². The van der Waals surface area contributed by atoms with Crippen LogP contribution in [0.1, 0.15) is 47.0 Å². The molecule has 0 saturated carbocycles. The summed E-state index contributed by atoms with van der Waals surface area (Å²) >= 11 is 0. The molecule has 0 bridgehead atoms. The summed E-state index contributed by atoms with van der Waals surface area (Å²) in [6.07, 6.45) is 2.93. The number of hydrogen-bond donors (Lipinski definition) is 1. The van der Waals surface area contributed by atoms with E-state index >= 15 is 0 Å². The third-order valence-corrected chi connectivity index (χ3v) is 3.81. The molecule has 0 amide bonds. The quantitative estimate of drug-likeness (QED) is 0.643. The molecule has 0 aromatic rings. The number of carbonyl (C=O) groups excluding carboxylic acids is 1. The van der Waals surface area contributed by atoms with Gasteiger partial charge in [-0.3, -0.25) is 4.79 Å². The van der Waals surface area contributed by atoms with Crippen molar-refractivity contribution >= 4 is 5.97 Å². The van der Waals surface area contributed by atoms with Gasteiger partial charge in [0, 0.05) is 6.04 Å². The van der Waals surface area contributed by atoms with Crippen LogP contribution in [0.5, 0.6) is 0 Å². The molecule has 0 spiro atoms. The number of hydrogen-bond acceptors (Lipinski definition) is 4. The van der Waals surface area contributed by atoms with E-state index in [1.165, 1.54) is 0 Å². The molecule has 2 atom stereocenters. The first-order valence-electron chi connectivity index (χ1n) is 6.97. The molecule has 0 rings (SSSR count). The van der Waals surface area contributed by atoms with Crippen molar-refractivity contribution in [3.8, 4) is 0 Å². The number of carbonyl (C=O) groups is 1. The number of ether oxygens (including phenoxy) is 1. The first kappa shape index (κ1) is 17.4. The van der Waals surface area contributed by atoms with Crippen LogP contribution in [0.4, 0.5) is 0 Å². The second kappa shape index (κ2) is 8.48. The second-order valence-corrected chi connectivity index (χ2v) is 5.14. The number of rotatable bonds is 9. The monoisotopic (exact) mass is 258 g/mol. The molecule has 4 nitrogen and oxygen atoms in total. The number of nitrogens with one attached hydrogen (secondary N) is 1. The lowest BCUT2D eigenvalue weighted by Crippen LogP contribution is -2.49. The van der Waals surface area contributed by atoms with Crippen LogP contribution in [0.3, 0.4) is 0 Å². The minimum absolute atomic E-state index is 0.154. The van der Waals surface area contributed by atoms with Crippen LogP contribution < -0.4 is 5.32 Å². The highest BCUT2D eigenvalue weighted by Gasteiger charge is 2.32. The molecule has 18 heavy (non-hydrogen) atoms. The van der Waals surface area contributed by atoms with Gasteiger partial charge in [0.25, 0.3) is 0 Å². The zero-order valence-corrected chi connectivity index (χ0v) is 12.9. The average molecular weight is 258 g/mol. The topological polar surface area (TPSA) is 41.6 Å². The maximum absolute atomic E-state index is 11.9. The molecule has 0 radical (unpaired) electrons. The van der Waals surface area contributed by atoms with E-state index in [1.54, 1.807) is 0 Å². The van der Waals surface area contributed by atoms with E-state index in [4.69, 9.17) is 4.74 Å². The third kappa shape index (κ3) is 5.36. The minimum atomic E-state index is -0.563. The molecule has 0 aliphatic heterocycles. The third-order valence-electron chi connectivity index (χ3n) is 3.81. The largest absolute Gasteiger partial charge is 0.465 e. The minimum Gasteiger partial charge on any atom is -0.465 e. The fourth-order valence-corrected chi connectivity index (χ4v) is 1.83. The summed E-state index contributed by atoms with van der Waals surface area (Å²) in [7, 11) is 3.95. The van der Waals surface area contributed by atoms with Crippen LogP contribution in [-0.2, 0) is 9.53 Å². The van der Waals surface area contributed by atoms with Gasteiger partial charge in [-0.1, -0.05) is 6.92 Å². The summed E-state index contributed by atoms with van der Waals surface area (Å²) in [6, 6.07) is 0.591. The van der Waals surface area contributed by atoms with Crippen molar-refractivity contribution in [1.82, 2.24) is 10.2 Å². The number of esters is 1. The molecule has 0 heterocycles. The van der Waals surface area contributed by atoms with E-state index in [0.29, 0.717) is 12.6 Å². The number of likely N-dealkylation sites (N-methyl/N-ethyl adjacent to an activating group) is 1. The lowest BCUT2D eigenvalue weighted by Gasteiger charge is -2.29. The van der Waals surface area contributed by atoms with Crippen molar-refractivity contribution in [2.24, 2.45) is 0 Å². The Balaban J connectivity index is 4.18. The lowest BCUT2D eigenvalue weighted by molar-refractivity contribution is -0.150. The van der Waals surface area contributed by atoms with Crippen LogP contribution in [0.25, 0.3) is 0 Å². The summed E-state index contributed by atoms with van der Waals surface area (Å²) in [6.45, 7) is 9.60. The molecule has 0 fully saturated rings. The zero-order chi connectivity index (χ0) is 14.2. The van der Waals surface area contributed by atoms with Gasteiger partial charge in [0.05, 0.1) is 6.61 Å². The predicted molar refractivity (Wildman–Crippen MR) is 75.7 cm³/mol. The second-order valence-electron chi connectivity index (χ2n) is 5.14. The van der Waals surface area contributed by atoms with Crippen molar-refractivity contribution in [2.75, 3.05) is 27.2 Å². The van der Waals surface area contributed by atoms with E-state index < -0.39 is 5.54 Å².